The largest absolute Gasteiger partial charge is 0.426 e. The van der Waals surface area contributed by atoms with E-state index in [4.69, 9.17) is 4.74 Å². The molecular formula is C29H28O5S. The minimum Gasteiger partial charge on any atom is -0.426 e. The molecule has 4 aliphatic rings. The first-order valence-corrected chi connectivity index (χ1v) is 13.6. The van der Waals surface area contributed by atoms with Gasteiger partial charge in [-0.25, -0.2) is 0 Å². The molecule has 3 aromatic carbocycles. The van der Waals surface area contributed by atoms with Crippen molar-refractivity contribution >= 4 is 16.1 Å². The second kappa shape index (κ2) is 7.77. The summed E-state index contributed by atoms with van der Waals surface area (Å²) in [6.45, 7) is 4.30. The molecule has 0 amide bonds. The van der Waals surface area contributed by atoms with Crippen LogP contribution < -0.4 is 4.74 Å². The van der Waals surface area contributed by atoms with Gasteiger partial charge in [-0.2, -0.15) is 8.42 Å². The van der Waals surface area contributed by atoms with Crippen LogP contribution in [0, 0.1) is 11.3 Å². The van der Waals surface area contributed by atoms with Crippen LogP contribution in [0.25, 0.3) is 0 Å². The number of benzene rings is 3. The van der Waals surface area contributed by atoms with Crippen molar-refractivity contribution in [3.63, 3.8) is 0 Å². The van der Waals surface area contributed by atoms with Gasteiger partial charge in [0.25, 0.3) is 10.1 Å². The van der Waals surface area contributed by atoms with E-state index in [1.54, 1.807) is 0 Å². The van der Waals surface area contributed by atoms with Crippen molar-refractivity contribution in [2.75, 3.05) is 0 Å². The van der Waals surface area contributed by atoms with Crippen molar-refractivity contribution < 1.29 is 22.5 Å². The third-order valence-corrected chi connectivity index (χ3v) is 9.29. The van der Waals surface area contributed by atoms with Gasteiger partial charge >= 0.3 is 5.97 Å². The van der Waals surface area contributed by atoms with Gasteiger partial charge in [0.1, 0.15) is 5.75 Å². The molecule has 0 heterocycles. The Hall–Kier alpha value is -2.96. The Balaban J connectivity index is 1.45. The zero-order valence-corrected chi connectivity index (χ0v) is 20.6. The zero-order valence-electron chi connectivity index (χ0n) is 19.8. The van der Waals surface area contributed by atoms with E-state index in [0.717, 1.165) is 18.4 Å². The van der Waals surface area contributed by atoms with Gasteiger partial charge in [0, 0.05) is 11.8 Å². The van der Waals surface area contributed by atoms with Crippen LogP contribution in [-0.2, 0) is 27.8 Å². The molecule has 3 aromatic rings. The normalized spacial score (nSPS) is 23.7. The lowest BCUT2D eigenvalue weighted by atomic mass is 9.48. The first-order valence-electron chi connectivity index (χ1n) is 12.2. The average molecular weight is 489 g/mol. The molecule has 5 nitrogen and oxygen atoms in total. The summed E-state index contributed by atoms with van der Waals surface area (Å²) in [6.07, 6.45) is 2.87. The summed E-state index contributed by atoms with van der Waals surface area (Å²) in [4.78, 5) is 13.9. The van der Waals surface area contributed by atoms with Crippen molar-refractivity contribution in [1.29, 1.82) is 0 Å². The third-order valence-electron chi connectivity index (χ3n) is 8.35. The Morgan fingerprint density at radius 2 is 1.40 bits per heavy atom. The van der Waals surface area contributed by atoms with Gasteiger partial charge in [-0.05, 0) is 76.6 Å². The quantitative estimate of drug-likeness (QED) is 0.293. The second-order valence-electron chi connectivity index (χ2n) is 10.6. The summed E-state index contributed by atoms with van der Waals surface area (Å²) in [6, 6.07) is 19.7. The van der Waals surface area contributed by atoms with Gasteiger partial charge in [-0.1, -0.05) is 62.4 Å². The first kappa shape index (κ1) is 22.5. The van der Waals surface area contributed by atoms with Gasteiger partial charge in [0.2, 0.25) is 0 Å². The maximum Gasteiger partial charge on any atom is 0.315 e. The molecule has 1 atom stereocenters. The second-order valence-corrected chi connectivity index (χ2v) is 12.0. The molecule has 0 saturated heterocycles. The monoisotopic (exact) mass is 488 g/mol. The molecule has 0 aliphatic heterocycles. The maximum absolute atomic E-state index is 14.0. The van der Waals surface area contributed by atoms with E-state index in [-0.39, 0.29) is 28.1 Å². The van der Waals surface area contributed by atoms with E-state index < -0.39 is 16.0 Å². The molecule has 6 heteroatoms. The Morgan fingerprint density at radius 1 is 0.857 bits per heavy atom. The van der Waals surface area contributed by atoms with Gasteiger partial charge in [0.05, 0.1) is 10.8 Å². The van der Waals surface area contributed by atoms with Crippen molar-refractivity contribution in [2.45, 2.75) is 56.3 Å². The number of carbonyl (C=O) groups excluding carboxylic acids is 1. The number of esters is 1. The molecule has 4 aliphatic carbocycles. The van der Waals surface area contributed by atoms with E-state index in [1.165, 1.54) is 34.4 Å². The highest BCUT2D eigenvalue weighted by Crippen LogP contribution is 2.63. The van der Waals surface area contributed by atoms with Crippen LogP contribution in [0.3, 0.4) is 0 Å². The molecule has 1 N–H and O–H groups in total. The summed E-state index contributed by atoms with van der Waals surface area (Å²) in [5.74, 6) is -0.300. The van der Waals surface area contributed by atoms with Crippen LogP contribution in [0.1, 0.15) is 71.9 Å². The number of hydrogen-bond donors (Lipinski definition) is 1. The summed E-state index contributed by atoms with van der Waals surface area (Å²) in [5, 5.41) is 0. The van der Waals surface area contributed by atoms with Crippen LogP contribution >= 0.6 is 0 Å². The first-order chi connectivity index (χ1) is 16.7. The van der Waals surface area contributed by atoms with Crippen LogP contribution in [-0.4, -0.2) is 18.9 Å². The summed E-state index contributed by atoms with van der Waals surface area (Å²) in [5.41, 5.74) is 5.84. The lowest BCUT2D eigenvalue weighted by Gasteiger charge is -2.54. The predicted molar refractivity (Wildman–Crippen MR) is 132 cm³/mol. The fourth-order valence-corrected chi connectivity index (χ4v) is 7.75. The molecule has 2 bridgehead atoms. The van der Waals surface area contributed by atoms with Crippen LogP contribution in [0.2, 0.25) is 0 Å². The van der Waals surface area contributed by atoms with Gasteiger partial charge < -0.3 is 4.74 Å². The molecular weight excluding hydrogens is 460 g/mol. The van der Waals surface area contributed by atoms with E-state index in [0.29, 0.717) is 24.2 Å². The summed E-state index contributed by atoms with van der Waals surface area (Å²) >= 11 is 0. The number of carbonyl (C=O) groups is 1. The molecule has 0 fully saturated rings. The molecule has 0 aromatic heterocycles. The number of fused-ring (bicyclic) bond motifs is 2. The molecule has 1 unspecified atom stereocenters. The SMILES string of the molecule is CC1(C)C2c3ccccc3C(c3ccccc32)C1C(=O)Oc1ccc(S(=O)(=O)O)c2c1CCCC2. The Kier molecular flexibility index (Phi) is 5.00. The van der Waals surface area contributed by atoms with E-state index >= 15 is 0 Å². The topological polar surface area (TPSA) is 80.7 Å². The maximum atomic E-state index is 14.0. The average Bonchev–Trinajstić information content (AvgIpc) is 2.83. The van der Waals surface area contributed by atoms with Gasteiger partial charge in [-0.3, -0.25) is 9.35 Å². The minimum atomic E-state index is -4.34. The molecule has 180 valence electrons. The molecule has 0 spiro atoms. The van der Waals surface area contributed by atoms with Gasteiger partial charge in [0.15, 0.2) is 0 Å². The number of hydrogen-bond acceptors (Lipinski definition) is 4. The lowest BCUT2D eigenvalue weighted by Crippen LogP contribution is -2.50. The Labute approximate surface area is 205 Å². The standard InChI is InChI=1S/C29H28O5S/c1-29(2)26-21-13-7-5-11-19(21)25(20-12-6-8-14-22(20)26)27(29)28(30)34-23-15-16-24(35(31,32)33)18-10-4-3-9-17(18)23/h5-8,11-16,25-27H,3-4,9-10H2,1-2H3,(H,31,32,33). The van der Waals surface area contributed by atoms with Crippen LogP contribution in [0.4, 0.5) is 0 Å². The van der Waals surface area contributed by atoms with Crippen molar-refractivity contribution in [1.82, 2.24) is 0 Å². The highest BCUT2D eigenvalue weighted by atomic mass is 32.2. The molecule has 0 saturated carbocycles. The lowest BCUT2D eigenvalue weighted by molar-refractivity contribution is -0.145. The van der Waals surface area contributed by atoms with Crippen molar-refractivity contribution in [3.8, 4) is 5.75 Å². The predicted octanol–water partition coefficient (Wildman–Crippen LogP) is 5.65. The smallest absolute Gasteiger partial charge is 0.315 e. The summed E-state index contributed by atoms with van der Waals surface area (Å²) in [7, 11) is -4.34. The highest BCUT2D eigenvalue weighted by Gasteiger charge is 2.57. The number of ether oxygens (including phenoxy) is 1. The highest BCUT2D eigenvalue weighted by molar-refractivity contribution is 7.85. The summed E-state index contributed by atoms with van der Waals surface area (Å²) < 4.78 is 39.7. The van der Waals surface area contributed by atoms with Crippen LogP contribution in [0.5, 0.6) is 5.75 Å². The Morgan fingerprint density at radius 3 is 1.97 bits per heavy atom. The van der Waals surface area contributed by atoms with E-state index in [2.05, 4.69) is 50.2 Å². The fourth-order valence-electron chi connectivity index (χ4n) is 6.97. The minimum absolute atomic E-state index is 0.0769. The van der Waals surface area contributed by atoms with Crippen molar-refractivity contribution in [3.05, 3.63) is 94.0 Å². The zero-order chi connectivity index (χ0) is 24.5. The molecule has 35 heavy (non-hydrogen) atoms. The fraction of sp³-hybridized carbons (Fsp3) is 0.345. The van der Waals surface area contributed by atoms with E-state index in [9.17, 15) is 17.8 Å². The molecule has 0 radical (unpaired) electrons. The van der Waals surface area contributed by atoms with Crippen molar-refractivity contribution in [2.24, 2.45) is 11.3 Å². The van der Waals surface area contributed by atoms with Gasteiger partial charge in [-0.15, -0.1) is 0 Å². The number of rotatable bonds is 3. The van der Waals surface area contributed by atoms with E-state index in [1.807, 2.05) is 12.1 Å². The van der Waals surface area contributed by atoms with Crippen LogP contribution in [0.15, 0.2) is 65.6 Å². The Bertz CT molecular complexity index is 1420. The third kappa shape index (κ3) is 3.30. The molecule has 7 rings (SSSR count).